The van der Waals surface area contributed by atoms with E-state index >= 15 is 0 Å². The summed E-state index contributed by atoms with van der Waals surface area (Å²) in [7, 11) is 1.61. The molecule has 0 aromatic heterocycles. The Bertz CT molecular complexity index is 601. The molecule has 1 aliphatic rings. The van der Waals surface area contributed by atoms with Crippen molar-refractivity contribution in [3.05, 3.63) is 23.8 Å². The number of aliphatic carboxylic acids is 1. The molecule has 0 heterocycles. The third kappa shape index (κ3) is 5.11. The van der Waals surface area contributed by atoms with Crippen molar-refractivity contribution in [1.29, 1.82) is 0 Å². The number of carbonyl (C=O) groups excluding carboxylic acids is 1. The van der Waals surface area contributed by atoms with Crippen molar-refractivity contribution in [3.63, 3.8) is 0 Å². The number of hydrogen-bond donors (Lipinski definition) is 2. The van der Waals surface area contributed by atoms with Crippen LogP contribution in [-0.4, -0.2) is 37.2 Å². The minimum absolute atomic E-state index is 0.154. The molecule has 138 valence electrons. The number of carboxylic acid groups (broad SMARTS) is 1. The summed E-state index contributed by atoms with van der Waals surface area (Å²) in [6.07, 6.45) is 3.64. The maximum atomic E-state index is 12.4. The van der Waals surface area contributed by atoms with Gasteiger partial charge in [-0.2, -0.15) is 0 Å². The zero-order chi connectivity index (χ0) is 18.2. The number of methoxy groups -OCH3 is 1. The van der Waals surface area contributed by atoms with E-state index in [4.69, 9.17) is 9.47 Å². The van der Waals surface area contributed by atoms with Crippen LogP contribution in [0, 0.1) is 11.8 Å². The molecule has 2 N–H and O–H groups in total. The summed E-state index contributed by atoms with van der Waals surface area (Å²) in [5.41, 5.74) is 0.987. The SMILES string of the molecule is CCOc1cc(OC)ccc1CCNC(=O)C1CCCCC1C(=O)O. The van der Waals surface area contributed by atoms with E-state index < -0.39 is 17.8 Å². The summed E-state index contributed by atoms with van der Waals surface area (Å²) in [6, 6.07) is 5.63. The molecule has 0 aliphatic heterocycles. The highest BCUT2D eigenvalue weighted by atomic mass is 16.5. The lowest BCUT2D eigenvalue weighted by Gasteiger charge is -2.27. The second-order valence-electron chi connectivity index (χ2n) is 6.28. The number of nitrogens with one attached hydrogen (secondary N) is 1. The number of carbonyl (C=O) groups is 2. The number of ether oxygens (including phenoxy) is 2. The van der Waals surface area contributed by atoms with Crippen LogP contribution in [0.4, 0.5) is 0 Å². The molecule has 1 aromatic rings. The fourth-order valence-electron chi connectivity index (χ4n) is 3.35. The highest BCUT2D eigenvalue weighted by molar-refractivity contribution is 5.84. The summed E-state index contributed by atoms with van der Waals surface area (Å²) < 4.78 is 10.8. The molecule has 2 atom stereocenters. The van der Waals surface area contributed by atoms with Gasteiger partial charge in [0, 0.05) is 12.6 Å². The highest BCUT2D eigenvalue weighted by Gasteiger charge is 2.35. The standard InChI is InChI=1S/C19H27NO5/c1-3-25-17-12-14(24-2)9-8-13(17)10-11-20-18(21)15-6-4-5-7-16(15)19(22)23/h8-9,12,15-16H,3-7,10-11H2,1-2H3,(H,20,21)(H,22,23). The zero-order valence-electron chi connectivity index (χ0n) is 14.9. The minimum atomic E-state index is -0.867. The molecule has 0 spiro atoms. The Balaban J connectivity index is 1.93. The van der Waals surface area contributed by atoms with E-state index in [9.17, 15) is 14.7 Å². The van der Waals surface area contributed by atoms with Gasteiger partial charge in [-0.15, -0.1) is 0 Å². The van der Waals surface area contributed by atoms with E-state index in [1.165, 1.54) is 0 Å². The van der Waals surface area contributed by atoms with Gasteiger partial charge in [0.1, 0.15) is 11.5 Å². The van der Waals surface area contributed by atoms with Crippen molar-refractivity contribution >= 4 is 11.9 Å². The third-order valence-electron chi connectivity index (χ3n) is 4.69. The Morgan fingerprint density at radius 2 is 1.96 bits per heavy atom. The van der Waals surface area contributed by atoms with Crippen molar-refractivity contribution in [2.75, 3.05) is 20.3 Å². The molecule has 25 heavy (non-hydrogen) atoms. The summed E-state index contributed by atoms with van der Waals surface area (Å²) in [5.74, 6) is -0.533. The van der Waals surface area contributed by atoms with Gasteiger partial charge < -0.3 is 19.9 Å². The predicted octanol–water partition coefficient (Wildman–Crippen LogP) is 2.64. The van der Waals surface area contributed by atoms with Gasteiger partial charge in [0.2, 0.25) is 5.91 Å². The molecular formula is C19H27NO5. The van der Waals surface area contributed by atoms with Crippen molar-refractivity contribution in [3.8, 4) is 11.5 Å². The van der Waals surface area contributed by atoms with Gasteiger partial charge in [0.15, 0.2) is 0 Å². The molecule has 0 bridgehead atoms. The summed E-state index contributed by atoms with van der Waals surface area (Å²) >= 11 is 0. The monoisotopic (exact) mass is 349 g/mol. The fraction of sp³-hybridized carbons (Fsp3) is 0.579. The van der Waals surface area contributed by atoms with Crippen molar-refractivity contribution in [1.82, 2.24) is 5.32 Å². The molecule has 0 radical (unpaired) electrons. The van der Waals surface area contributed by atoms with Crippen LogP contribution in [0.1, 0.15) is 38.2 Å². The fourth-order valence-corrected chi connectivity index (χ4v) is 3.35. The van der Waals surface area contributed by atoms with Crippen LogP contribution in [0.2, 0.25) is 0 Å². The molecule has 6 nitrogen and oxygen atoms in total. The number of carboxylic acids is 1. The van der Waals surface area contributed by atoms with E-state index in [2.05, 4.69) is 5.32 Å². The first-order valence-electron chi connectivity index (χ1n) is 8.87. The van der Waals surface area contributed by atoms with E-state index in [1.807, 2.05) is 25.1 Å². The van der Waals surface area contributed by atoms with Gasteiger partial charge in [-0.1, -0.05) is 18.9 Å². The number of amides is 1. The van der Waals surface area contributed by atoms with E-state index in [0.717, 1.165) is 29.9 Å². The topological polar surface area (TPSA) is 84.9 Å². The lowest BCUT2D eigenvalue weighted by molar-refractivity contribution is -0.148. The van der Waals surface area contributed by atoms with Crippen molar-refractivity contribution in [2.45, 2.75) is 39.0 Å². The van der Waals surface area contributed by atoms with E-state index in [0.29, 0.717) is 32.4 Å². The largest absolute Gasteiger partial charge is 0.497 e. The van der Waals surface area contributed by atoms with Gasteiger partial charge in [-0.25, -0.2) is 0 Å². The molecule has 1 aliphatic carbocycles. The summed E-state index contributed by atoms with van der Waals surface area (Å²) in [5, 5.41) is 12.2. The predicted molar refractivity (Wildman–Crippen MR) is 94.0 cm³/mol. The number of benzene rings is 1. The molecular weight excluding hydrogens is 322 g/mol. The van der Waals surface area contributed by atoms with Gasteiger partial charge in [-0.3, -0.25) is 9.59 Å². The smallest absolute Gasteiger partial charge is 0.307 e. The second-order valence-corrected chi connectivity index (χ2v) is 6.28. The lowest BCUT2D eigenvalue weighted by Crippen LogP contribution is -2.40. The van der Waals surface area contributed by atoms with Crippen LogP contribution >= 0.6 is 0 Å². The van der Waals surface area contributed by atoms with Gasteiger partial charge in [0.25, 0.3) is 0 Å². The molecule has 6 heteroatoms. The molecule has 1 fully saturated rings. The first-order valence-corrected chi connectivity index (χ1v) is 8.87. The van der Waals surface area contributed by atoms with Crippen LogP contribution in [-0.2, 0) is 16.0 Å². The average molecular weight is 349 g/mol. The van der Waals surface area contributed by atoms with Crippen molar-refractivity contribution < 1.29 is 24.2 Å². The maximum Gasteiger partial charge on any atom is 0.307 e. The van der Waals surface area contributed by atoms with Gasteiger partial charge >= 0.3 is 5.97 Å². The first-order chi connectivity index (χ1) is 12.1. The molecule has 2 unspecified atom stereocenters. The molecule has 0 saturated heterocycles. The molecule has 1 aromatic carbocycles. The highest BCUT2D eigenvalue weighted by Crippen LogP contribution is 2.30. The zero-order valence-corrected chi connectivity index (χ0v) is 14.9. The van der Waals surface area contributed by atoms with Crippen LogP contribution in [0.5, 0.6) is 11.5 Å². The van der Waals surface area contributed by atoms with Crippen LogP contribution in [0.3, 0.4) is 0 Å². The van der Waals surface area contributed by atoms with Crippen LogP contribution in [0.15, 0.2) is 18.2 Å². The van der Waals surface area contributed by atoms with Crippen LogP contribution < -0.4 is 14.8 Å². The second kappa shape index (κ2) is 9.30. The Hall–Kier alpha value is -2.24. The Morgan fingerprint density at radius 1 is 1.24 bits per heavy atom. The molecule has 1 amide bonds. The number of hydrogen-bond acceptors (Lipinski definition) is 4. The molecule has 2 rings (SSSR count). The van der Waals surface area contributed by atoms with Gasteiger partial charge in [0.05, 0.1) is 25.6 Å². The normalized spacial score (nSPS) is 19.9. The molecule has 1 saturated carbocycles. The van der Waals surface area contributed by atoms with E-state index in [-0.39, 0.29) is 5.91 Å². The van der Waals surface area contributed by atoms with Crippen LogP contribution in [0.25, 0.3) is 0 Å². The minimum Gasteiger partial charge on any atom is -0.497 e. The Morgan fingerprint density at radius 3 is 2.60 bits per heavy atom. The third-order valence-corrected chi connectivity index (χ3v) is 4.69. The summed E-state index contributed by atoms with van der Waals surface area (Å²) in [4.78, 5) is 23.7. The Kier molecular flexibility index (Phi) is 7.10. The maximum absolute atomic E-state index is 12.4. The quantitative estimate of drug-likeness (QED) is 0.754. The van der Waals surface area contributed by atoms with Crippen molar-refractivity contribution in [2.24, 2.45) is 11.8 Å². The Labute approximate surface area is 148 Å². The lowest BCUT2D eigenvalue weighted by atomic mass is 9.78. The van der Waals surface area contributed by atoms with Gasteiger partial charge in [-0.05, 0) is 37.8 Å². The average Bonchev–Trinajstić information content (AvgIpc) is 2.62. The van der Waals surface area contributed by atoms with E-state index in [1.54, 1.807) is 7.11 Å². The first kappa shape index (κ1) is 19.1. The summed E-state index contributed by atoms with van der Waals surface area (Å²) in [6.45, 7) is 2.92. The number of rotatable bonds is 8.